The standard InChI is InChI=1S/C20H24N4O3/c1-2-21-20(23-14-16-4-3-5-18(13-16)24(25)26)22-10-8-15-6-7-19-17(12-15)9-11-27-19/h3-7,12-13H,2,8-11,14H2,1H3,(H2,21,22,23). The van der Waals surface area contributed by atoms with Crippen molar-refractivity contribution in [3.63, 3.8) is 0 Å². The third-order valence-electron chi connectivity index (χ3n) is 4.35. The molecule has 0 aromatic heterocycles. The maximum absolute atomic E-state index is 10.9. The van der Waals surface area contributed by atoms with Crippen molar-refractivity contribution >= 4 is 11.6 Å². The van der Waals surface area contributed by atoms with Crippen molar-refractivity contribution in [3.8, 4) is 5.75 Å². The molecule has 1 aliphatic heterocycles. The molecule has 0 radical (unpaired) electrons. The Kier molecular flexibility index (Phi) is 6.25. The Bertz CT molecular complexity index is 836. The first-order valence-corrected chi connectivity index (χ1v) is 9.16. The van der Waals surface area contributed by atoms with Gasteiger partial charge in [0.25, 0.3) is 5.69 Å². The van der Waals surface area contributed by atoms with Crippen LogP contribution < -0.4 is 15.4 Å². The van der Waals surface area contributed by atoms with E-state index in [1.807, 2.05) is 19.1 Å². The molecule has 27 heavy (non-hydrogen) atoms. The van der Waals surface area contributed by atoms with Gasteiger partial charge in [0.15, 0.2) is 5.96 Å². The number of ether oxygens (including phenoxy) is 1. The molecule has 1 heterocycles. The maximum atomic E-state index is 10.9. The molecule has 3 rings (SSSR count). The van der Waals surface area contributed by atoms with Gasteiger partial charge < -0.3 is 15.4 Å². The largest absolute Gasteiger partial charge is 0.493 e. The van der Waals surface area contributed by atoms with Gasteiger partial charge in [-0.3, -0.25) is 10.1 Å². The second-order valence-electron chi connectivity index (χ2n) is 6.34. The number of hydrogen-bond donors (Lipinski definition) is 2. The van der Waals surface area contributed by atoms with Crippen molar-refractivity contribution in [2.75, 3.05) is 19.7 Å². The summed E-state index contributed by atoms with van der Waals surface area (Å²) < 4.78 is 5.54. The van der Waals surface area contributed by atoms with Gasteiger partial charge in [-0.25, -0.2) is 4.99 Å². The summed E-state index contributed by atoms with van der Waals surface area (Å²) in [5.74, 6) is 1.70. The van der Waals surface area contributed by atoms with Gasteiger partial charge >= 0.3 is 0 Å². The predicted molar refractivity (Wildman–Crippen MR) is 105 cm³/mol. The van der Waals surface area contributed by atoms with Crippen molar-refractivity contribution in [1.82, 2.24) is 10.6 Å². The van der Waals surface area contributed by atoms with Crippen molar-refractivity contribution in [1.29, 1.82) is 0 Å². The first-order chi connectivity index (χ1) is 13.2. The van der Waals surface area contributed by atoms with E-state index in [4.69, 9.17) is 4.74 Å². The fourth-order valence-corrected chi connectivity index (χ4v) is 3.00. The van der Waals surface area contributed by atoms with Gasteiger partial charge in [-0.05, 0) is 36.1 Å². The molecule has 0 aliphatic carbocycles. The fourth-order valence-electron chi connectivity index (χ4n) is 3.00. The molecule has 2 aromatic rings. The molecule has 7 heteroatoms. The van der Waals surface area contributed by atoms with Gasteiger partial charge in [0.2, 0.25) is 0 Å². The van der Waals surface area contributed by atoms with Gasteiger partial charge in [0.05, 0.1) is 18.1 Å². The lowest BCUT2D eigenvalue weighted by molar-refractivity contribution is -0.384. The Hall–Kier alpha value is -3.09. The lowest BCUT2D eigenvalue weighted by atomic mass is 10.1. The molecule has 0 saturated carbocycles. The zero-order valence-corrected chi connectivity index (χ0v) is 15.4. The molecule has 0 fully saturated rings. The van der Waals surface area contributed by atoms with Crippen LogP contribution in [0.5, 0.6) is 5.75 Å². The Morgan fingerprint density at radius 1 is 1.22 bits per heavy atom. The predicted octanol–water partition coefficient (Wildman–Crippen LogP) is 2.83. The quantitative estimate of drug-likeness (QED) is 0.340. The van der Waals surface area contributed by atoms with Crippen molar-refractivity contribution in [2.45, 2.75) is 26.3 Å². The Morgan fingerprint density at radius 3 is 2.93 bits per heavy atom. The smallest absolute Gasteiger partial charge is 0.269 e. The van der Waals surface area contributed by atoms with Crippen LogP contribution in [0.3, 0.4) is 0 Å². The highest BCUT2D eigenvalue weighted by Crippen LogP contribution is 2.25. The molecule has 2 N–H and O–H groups in total. The summed E-state index contributed by atoms with van der Waals surface area (Å²) >= 11 is 0. The summed E-state index contributed by atoms with van der Waals surface area (Å²) in [4.78, 5) is 15.0. The van der Waals surface area contributed by atoms with Gasteiger partial charge in [0.1, 0.15) is 5.75 Å². The summed E-state index contributed by atoms with van der Waals surface area (Å²) in [7, 11) is 0. The monoisotopic (exact) mass is 368 g/mol. The highest BCUT2D eigenvalue weighted by Gasteiger charge is 2.11. The van der Waals surface area contributed by atoms with Crippen LogP contribution in [0.25, 0.3) is 0 Å². The average Bonchev–Trinajstić information content (AvgIpc) is 3.14. The molecule has 0 saturated heterocycles. The number of rotatable bonds is 7. The third-order valence-corrected chi connectivity index (χ3v) is 4.35. The first-order valence-electron chi connectivity index (χ1n) is 9.16. The second kappa shape index (κ2) is 9.02. The van der Waals surface area contributed by atoms with Gasteiger partial charge in [0, 0.05) is 31.6 Å². The van der Waals surface area contributed by atoms with E-state index < -0.39 is 4.92 Å². The van der Waals surface area contributed by atoms with E-state index in [2.05, 4.69) is 27.8 Å². The summed E-state index contributed by atoms with van der Waals surface area (Å²) in [6, 6.07) is 12.9. The number of aliphatic imine (C=N–C) groups is 1. The van der Waals surface area contributed by atoms with Crippen molar-refractivity contribution < 1.29 is 9.66 Å². The second-order valence-corrected chi connectivity index (χ2v) is 6.34. The van der Waals surface area contributed by atoms with Gasteiger partial charge in [-0.1, -0.05) is 24.3 Å². The maximum Gasteiger partial charge on any atom is 0.269 e. The minimum Gasteiger partial charge on any atom is -0.493 e. The number of benzene rings is 2. The van der Waals surface area contributed by atoms with Crippen LogP contribution in [-0.2, 0) is 19.4 Å². The molecular weight excluding hydrogens is 344 g/mol. The number of guanidine groups is 1. The zero-order valence-electron chi connectivity index (χ0n) is 15.4. The number of fused-ring (bicyclic) bond motifs is 1. The number of nitrogens with one attached hydrogen (secondary N) is 2. The van der Waals surface area contributed by atoms with E-state index in [1.54, 1.807) is 12.1 Å². The molecule has 1 aliphatic rings. The van der Waals surface area contributed by atoms with Crippen LogP contribution in [0.1, 0.15) is 23.6 Å². The van der Waals surface area contributed by atoms with Gasteiger partial charge in [-0.2, -0.15) is 0 Å². The third kappa shape index (κ3) is 5.20. The molecule has 2 aromatic carbocycles. The lowest BCUT2D eigenvalue weighted by Gasteiger charge is -2.12. The highest BCUT2D eigenvalue weighted by atomic mass is 16.6. The highest BCUT2D eigenvalue weighted by molar-refractivity contribution is 5.79. The zero-order chi connectivity index (χ0) is 19.1. The number of nitro groups is 1. The van der Waals surface area contributed by atoms with E-state index in [9.17, 15) is 10.1 Å². The van der Waals surface area contributed by atoms with Crippen molar-refractivity contribution in [3.05, 3.63) is 69.3 Å². The van der Waals surface area contributed by atoms with Crippen LogP contribution in [0.2, 0.25) is 0 Å². The Labute approximate surface area is 158 Å². The molecule has 0 spiro atoms. The fraction of sp³-hybridized carbons (Fsp3) is 0.350. The minimum atomic E-state index is -0.391. The van der Waals surface area contributed by atoms with Crippen LogP contribution in [-0.4, -0.2) is 30.6 Å². The summed E-state index contributed by atoms with van der Waals surface area (Å²) in [6.07, 6.45) is 1.86. The van der Waals surface area contributed by atoms with E-state index in [-0.39, 0.29) is 5.69 Å². The van der Waals surface area contributed by atoms with Crippen molar-refractivity contribution in [2.24, 2.45) is 4.99 Å². The first kappa shape index (κ1) is 18.7. The Morgan fingerprint density at radius 2 is 2.11 bits per heavy atom. The average molecular weight is 368 g/mol. The minimum absolute atomic E-state index is 0.0845. The molecule has 142 valence electrons. The normalized spacial score (nSPS) is 13.0. The molecule has 0 bridgehead atoms. The topological polar surface area (TPSA) is 88.8 Å². The van der Waals surface area contributed by atoms with Crippen LogP contribution in [0, 0.1) is 10.1 Å². The number of nitro benzene ring substituents is 1. The number of nitrogens with zero attached hydrogens (tertiary/aromatic N) is 2. The summed E-state index contributed by atoms with van der Waals surface area (Å²) in [5, 5.41) is 17.4. The summed E-state index contributed by atoms with van der Waals surface area (Å²) in [5.41, 5.74) is 3.43. The van der Waals surface area contributed by atoms with Crippen LogP contribution >= 0.6 is 0 Å². The Balaban J connectivity index is 1.56. The molecule has 7 nitrogen and oxygen atoms in total. The van der Waals surface area contributed by atoms with E-state index >= 15 is 0 Å². The van der Waals surface area contributed by atoms with E-state index in [1.165, 1.54) is 17.2 Å². The molecule has 0 atom stereocenters. The number of hydrogen-bond acceptors (Lipinski definition) is 4. The molecule has 0 amide bonds. The molecule has 0 unspecified atom stereocenters. The van der Waals surface area contributed by atoms with Gasteiger partial charge in [-0.15, -0.1) is 0 Å². The van der Waals surface area contributed by atoms with E-state index in [0.717, 1.165) is 43.9 Å². The van der Waals surface area contributed by atoms with Crippen LogP contribution in [0.4, 0.5) is 5.69 Å². The lowest BCUT2D eigenvalue weighted by Crippen LogP contribution is -2.38. The SMILES string of the molecule is CCNC(=NCc1cccc([N+](=O)[O-])c1)NCCc1ccc2c(c1)CCO2. The summed E-state index contributed by atoms with van der Waals surface area (Å²) in [6.45, 7) is 4.65. The molecular formula is C20H24N4O3. The van der Waals surface area contributed by atoms with E-state index in [0.29, 0.717) is 12.5 Å². The number of non-ortho nitro benzene ring substituents is 1. The van der Waals surface area contributed by atoms with Crippen LogP contribution in [0.15, 0.2) is 47.5 Å².